The van der Waals surface area contributed by atoms with Gasteiger partial charge in [0.2, 0.25) is 11.8 Å². The molecular weight excluding hydrogens is 204 g/mol. The van der Waals surface area contributed by atoms with Crippen LogP contribution in [-0.2, 0) is 9.59 Å². The Labute approximate surface area is 95.5 Å². The topological polar surface area (TPSA) is 63.4 Å². The van der Waals surface area contributed by atoms with Crippen LogP contribution < -0.4 is 5.73 Å². The van der Waals surface area contributed by atoms with Gasteiger partial charge in [-0.2, -0.15) is 0 Å². The lowest BCUT2D eigenvalue weighted by molar-refractivity contribution is -0.139. The standard InChI is InChI=1S/C12H18N2O2/c1-8-6-9-10(7-8)12(16)14(11(9)15)5-3-2-4-13/h2-3,8-10H,4-7,13H2,1H3/b3-2+. The molecule has 2 atom stereocenters. The minimum atomic E-state index is -0.0474. The van der Waals surface area contributed by atoms with E-state index in [1.165, 1.54) is 4.90 Å². The summed E-state index contributed by atoms with van der Waals surface area (Å²) in [5.41, 5.74) is 5.32. The normalized spacial score (nSPS) is 34.1. The van der Waals surface area contributed by atoms with Gasteiger partial charge in [-0.1, -0.05) is 19.1 Å². The summed E-state index contributed by atoms with van der Waals surface area (Å²) in [6, 6.07) is 0. The Kier molecular flexibility index (Phi) is 3.10. The quantitative estimate of drug-likeness (QED) is 0.559. The maximum Gasteiger partial charge on any atom is 0.233 e. The Bertz CT molecular complexity index is 314. The van der Waals surface area contributed by atoms with Crippen LogP contribution in [0.1, 0.15) is 19.8 Å². The van der Waals surface area contributed by atoms with Crippen molar-refractivity contribution in [3.05, 3.63) is 12.2 Å². The maximum absolute atomic E-state index is 12.0. The molecule has 4 nitrogen and oxygen atoms in total. The molecule has 2 N–H and O–H groups in total. The van der Waals surface area contributed by atoms with E-state index in [4.69, 9.17) is 5.73 Å². The molecule has 2 rings (SSSR count). The number of carbonyl (C=O) groups is 2. The molecule has 1 saturated carbocycles. The predicted octanol–water partition coefficient (Wildman–Crippen LogP) is 0.532. The minimum absolute atomic E-state index is 0.0148. The van der Waals surface area contributed by atoms with E-state index in [1.807, 2.05) is 0 Å². The van der Waals surface area contributed by atoms with Crippen molar-refractivity contribution in [2.45, 2.75) is 19.8 Å². The summed E-state index contributed by atoms with van der Waals surface area (Å²) >= 11 is 0. The third-order valence-corrected chi connectivity index (χ3v) is 3.56. The van der Waals surface area contributed by atoms with Crippen LogP contribution in [0.4, 0.5) is 0 Å². The zero-order chi connectivity index (χ0) is 11.7. The Hall–Kier alpha value is -1.16. The number of carbonyl (C=O) groups excluding carboxylic acids is 2. The van der Waals surface area contributed by atoms with Gasteiger partial charge in [-0.05, 0) is 18.8 Å². The Morgan fingerprint density at radius 1 is 1.25 bits per heavy atom. The first-order chi connectivity index (χ1) is 7.65. The number of likely N-dealkylation sites (tertiary alicyclic amines) is 1. The summed E-state index contributed by atoms with van der Waals surface area (Å²) in [4.78, 5) is 25.3. The highest BCUT2D eigenvalue weighted by atomic mass is 16.2. The number of fused-ring (bicyclic) bond motifs is 1. The van der Waals surface area contributed by atoms with E-state index >= 15 is 0 Å². The second-order valence-corrected chi connectivity index (χ2v) is 4.78. The summed E-state index contributed by atoms with van der Waals surface area (Å²) in [6.45, 7) is 2.94. The van der Waals surface area contributed by atoms with Crippen LogP contribution in [0.3, 0.4) is 0 Å². The molecular formula is C12H18N2O2. The zero-order valence-electron chi connectivity index (χ0n) is 9.56. The van der Waals surface area contributed by atoms with Gasteiger partial charge in [0.25, 0.3) is 0 Å². The monoisotopic (exact) mass is 222 g/mol. The molecule has 2 unspecified atom stereocenters. The number of nitrogens with two attached hydrogens (primary N) is 1. The van der Waals surface area contributed by atoms with Gasteiger partial charge in [0, 0.05) is 13.1 Å². The van der Waals surface area contributed by atoms with Gasteiger partial charge in [0.15, 0.2) is 0 Å². The van der Waals surface area contributed by atoms with E-state index in [9.17, 15) is 9.59 Å². The SMILES string of the molecule is CC1CC2C(=O)N(C/C=C/CN)C(=O)C2C1. The molecule has 2 fully saturated rings. The fraction of sp³-hybridized carbons (Fsp3) is 0.667. The van der Waals surface area contributed by atoms with Crippen molar-refractivity contribution in [3.8, 4) is 0 Å². The van der Waals surface area contributed by atoms with E-state index in [2.05, 4.69) is 6.92 Å². The first-order valence-corrected chi connectivity index (χ1v) is 5.85. The second kappa shape index (κ2) is 4.37. The van der Waals surface area contributed by atoms with Gasteiger partial charge in [0.05, 0.1) is 11.8 Å². The van der Waals surface area contributed by atoms with Gasteiger partial charge >= 0.3 is 0 Å². The summed E-state index contributed by atoms with van der Waals surface area (Å²) in [7, 11) is 0. The van der Waals surface area contributed by atoms with Crippen molar-refractivity contribution >= 4 is 11.8 Å². The summed E-state index contributed by atoms with van der Waals surface area (Å²) < 4.78 is 0. The number of nitrogens with zero attached hydrogens (tertiary/aromatic N) is 1. The van der Waals surface area contributed by atoms with Crippen LogP contribution in [0.2, 0.25) is 0 Å². The van der Waals surface area contributed by atoms with Crippen LogP contribution in [-0.4, -0.2) is 29.8 Å². The van der Waals surface area contributed by atoms with E-state index < -0.39 is 0 Å². The number of hydrogen-bond acceptors (Lipinski definition) is 3. The lowest BCUT2D eigenvalue weighted by Gasteiger charge is -2.14. The van der Waals surface area contributed by atoms with Gasteiger partial charge in [0.1, 0.15) is 0 Å². The Morgan fingerprint density at radius 2 is 1.81 bits per heavy atom. The fourth-order valence-corrected chi connectivity index (χ4v) is 2.80. The van der Waals surface area contributed by atoms with Crippen LogP contribution in [0.25, 0.3) is 0 Å². The van der Waals surface area contributed by atoms with Crippen molar-refractivity contribution in [2.24, 2.45) is 23.5 Å². The van der Waals surface area contributed by atoms with Gasteiger partial charge in [-0.25, -0.2) is 0 Å². The van der Waals surface area contributed by atoms with E-state index in [1.54, 1.807) is 12.2 Å². The molecule has 0 aromatic carbocycles. The molecule has 0 radical (unpaired) electrons. The van der Waals surface area contributed by atoms with E-state index in [0.717, 1.165) is 12.8 Å². The molecule has 1 heterocycles. The number of amides is 2. The van der Waals surface area contributed by atoms with Crippen LogP contribution >= 0.6 is 0 Å². The predicted molar refractivity (Wildman–Crippen MR) is 60.3 cm³/mol. The molecule has 88 valence electrons. The average molecular weight is 222 g/mol. The average Bonchev–Trinajstić information content (AvgIpc) is 2.72. The smallest absolute Gasteiger partial charge is 0.233 e. The number of hydrogen-bond donors (Lipinski definition) is 1. The van der Waals surface area contributed by atoms with Crippen molar-refractivity contribution < 1.29 is 9.59 Å². The maximum atomic E-state index is 12.0. The molecule has 1 aliphatic carbocycles. The van der Waals surface area contributed by atoms with Crippen molar-refractivity contribution in [1.29, 1.82) is 0 Å². The Morgan fingerprint density at radius 3 is 2.31 bits per heavy atom. The number of rotatable bonds is 3. The van der Waals surface area contributed by atoms with Gasteiger partial charge in [-0.15, -0.1) is 0 Å². The van der Waals surface area contributed by atoms with Crippen molar-refractivity contribution in [2.75, 3.05) is 13.1 Å². The third-order valence-electron chi connectivity index (χ3n) is 3.56. The molecule has 1 saturated heterocycles. The molecule has 16 heavy (non-hydrogen) atoms. The molecule has 0 aromatic heterocycles. The molecule has 2 amide bonds. The van der Waals surface area contributed by atoms with Gasteiger partial charge in [-0.3, -0.25) is 14.5 Å². The minimum Gasteiger partial charge on any atom is -0.327 e. The second-order valence-electron chi connectivity index (χ2n) is 4.78. The van der Waals surface area contributed by atoms with E-state index in [-0.39, 0.29) is 23.7 Å². The first kappa shape index (κ1) is 11.3. The molecule has 4 heteroatoms. The zero-order valence-corrected chi connectivity index (χ0v) is 9.56. The molecule has 0 spiro atoms. The van der Waals surface area contributed by atoms with Crippen molar-refractivity contribution in [1.82, 2.24) is 4.90 Å². The largest absolute Gasteiger partial charge is 0.327 e. The third kappa shape index (κ3) is 1.78. The summed E-state index contributed by atoms with van der Waals surface area (Å²) in [5.74, 6) is 0.439. The summed E-state index contributed by atoms with van der Waals surface area (Å²) in [6.07, 6.45) is 5.30. The molecule has 1 aliphatic heterocycles. The van der Waals surface area contributed by atoms with Crippen LogP contribution in [0.15, 0.2) is 12.2 Å². The fourth-order valence-electron chi connectivity index (χ4n) is 2.80. The van der Waals surface area contributed by atoms with Gasteiger partial charge < -0.3 is 5.73 Å². The van der Waals surface area contributed by atoms with E-state index in [0.29, 0.717) is 19.0 Å². The van der Waals surface area contributed by atoms with Crippen LogP contribution in [0, 0.1) is 17.8 Å². The Balaban J connectivity index is 2.05. The number of imide groups is 1. The molecule has 2 aliphatic rings. The first-order valence-electron chi connectivity index (χ1n) is 5.85. The molecule has 0 bridgehead atoms. The summed E-state index contributed by atoms with van der Waals surface area (Å²) in [5, 5.41) is 0. The highest BCUT2D eigenvalue weighted by Gasteiger charge is 2.51. The lowest BCUT2D eigenvalue weighted by Crippen LogP contribution is -2.32. The van der Waals surface area contributed by atoms with Crippen molar-refractivity contribution in [3.63, 3.8) is 0 Å². The van der Waals surface area contributed by atoms with Crippen LogP contribution in [0.5, 0.6) is 0 Å². The highest BCUT2D eigenvalue weighted by molar-refractivity contribution is 6.05. The molecule has 0 aromatic rings. The highest BCUT2D eigenvalue weighted by Crippen LogP contribution is 2.42. The lowest BCUT2D eigenvalue weighted by atomic mass is 10.00.